The summed E-state index contributed by atoms with van der Waals surface area (Å²) >= 11 is 0. The van der Waals surface area contributed by atoms with E-state index >= 15 is 0 Å². The van der Waals surface area contributed by atoms with Crippen molar-refractivity contribution in [3.63, 3.8) is 0 Å². The summed E-state index contributed by atoms with van der Waals surface area (Å²) in [5.74, 6) is 0.895. The van der Waals surface area contributed by atoms with Gasteiger partial charge >= 0.3 is 0 Å². The maximum absolute atomic E-state index is 6.03. The highest BCUT2D eigenvalue weighted by molar-refractivity contribution is 4.87. The predicted molar refractivity (Wildman–Crippen MR) is 75.6 cm³/mol. The van der Waals surface area contributed by atoms with E-state index in [9.17, 15) is 0 Å². The second kappa shape index (κ2) is 6.88. The van der Waals surface area contributed by atoms with Crippen molar-refractivity contribution in [2.45, 2.75) is 58.0 Å². The zero-order valence-corrected chi connectivity index (χ0v) is 11.9. The van der Waals surface area contributed by atoms with Crippen LogP contribution >= 0.6 is 0 Å². The molecule has 2 fully saturated rings. The fourth-order valence-electron chi connectivity index (χ4n) is 3.29. The van der Waals surface area contributed by atoms with Gasteiger partial charge in [-0.3, -0.25) is 0 Å². The van der Waals surface area contributed by atoms with Crippen LogP contribution < -0.4 is 11.1 Å². The Morgan fingerprint density at radius 3 is 2.61 bits per heavy atom. The van der Waals surface area contributed by atoms with Crippen LogP contribution in [0.4, 0.5) is 0 Å². The Labute approximate surface area is 112 Å². The third kappa shape index (κ3) is 3.94. The molecule has 0 aromatic carbocycles. The zero-order chi connectivity index (χ0) is 12.8. The van der Waals surface area contributed by atoms with E-state index in [1.54, 1.807) is 0 Å². The molecule has 0 amide bonds. The van der Waals surface area contributed by atoms with Crippen LogP contribution in [0.3, 0.4) is 0 Å². The Morgan fingerprint density at radius 2 is 2.00 bits per heavy atom. The van der Waals surface area contributed by atoms with E-state index in [2.05, 4.69) is 12.2 Å². The monoisotopic (exact) mass is 254 g/mol. The highest BCUT2D eigenvalue weighted by atomic mass is 16.5. The number of ether oxygens (including phenoxy) is 1. The molecule has 106 valence electrons. The Bertz CT molecular complexity index is 231. The van der Waals surface area contributed by atoms with Gasteiger partial charge in [0, 0.05) is 19.7 Å². The van der Waals surface area contributed by atoms with Crippen molar-refractivity contribution >= 4 is 0 Å². The summed E-state index contributed by atoms with van der Waals surface area (Å²) in [5, 5.41) is 3.63. The van der Waals surface area contributed by atoms with Gasteiger partial charge in [-0.05, 0) is 50.0 Å². The number of hydrogen-bond acceptors (Lipinski definition) is 3. The molecule has 1 heterocycles. The Kier molecular flexibility index (Phi) is 5.46. The lowest BCUT2D eigenvalue weighted by molar-refractivity contribution is 0.0144. The molecule has 2 aliphatic rings. The lowest BCUT2D eigenvalue weighted by Gasteiger charge is -2.39. The summed E-state index contributed by atoms with van der Waals surface area (Å²) in [5.41, 5.74) is 6.39. The van der Waals surface area contributed by atoms with Crippen molar-refractivity contribution in [2.24, 2.45) is 17.1 Å². The summed E-state index contributed by atoms with van der Waals surface area (Å²) in [6.45, 7) is 6.24. The van der Waals surface area contributed by atoms with Gasteiger partial charge in [-0.1, -0.05) is 19.8 Å². The highest BCUT2D eigenvalue weighted by Crippen LogP contribution is 2.37. The fraction of sp³-hybridized carbons (Fsp3) is 1.00. The number of rotatable bonds is 5. The fourth-order valence-corrected chi connectivity index (χ4v) is 3.29. The van der Waals surface area contributed by atoms with Crippen LogP contribution in [0.1, 0.15) is 51.9 Å². The van der Waals surface area contributed by atoms with E-state index in [1.165, 1.54) is 44.9 Å². The third-order valence-electron chi connectivity index (χ3n) is 4.91. The summed E-state index contributed by atoms with van der Waals surface area (Å²) in [6, 6.07) is 0. The molecule has 1 unspecified atom stereocenters. The van der Waals surface area contributed by atoms with Crippen molar-refractivity contribution in [3.05, 3.63) is 0 Å². The van der Waals surface area contributed by atoms with Crippen molar-refractivity contribution < 1.29 is 4.74 Å². The van der Waals surface area contributed by atoms with Gasteiger partial charge in [0.05, 0.1) is 6.10 Å². The minimum Gasteiger partial charge on any atom is -0.377 e. The molecular formula is C15H30N2O. The lowest BCUT2D eigenvalue weighted by Crippen LogP contribution is -2.45. The van der Waals surface area contributed by atoms with Crippen LogP contribution in [0.5, 0.6) is 0 Å². The van der Waals surface area contributed by atoms with E-state index < -0.39 is 0 Å². The third-order valence-corrected chi connectivity index (χ3v) is 4.91. The second-order valence-electron chi connectivity index (χ2n) is 6.51. The van der Waals surface area contributed by atoms with E-state index in [-0.39, 0.29) is 0 Å². The summed E-state index contributed by atoms with van der Waals surface area (Å²) < 4.78 is 5.76. The topological polar surface area (TPSA) is 47.3 Å². The van der Waals surface area contributed by atoms with Gasteiger partial charge in [0.2, 0.25) is 0 Å². The predicted octanol–water partition coefficient (Wildman–Crippen LogP) is 2.30. The zero-order valence-electron chi connectivity index (χ0n) is 11.9. The van der Waals surface area contributed by atoms with Crippen LogP contribution in [-0.2, 0) is 4.74 Å². The highest BCUT2D eigenvalue weighted by Gasteiger charge is 2.32. The van der Waals surface area contributed by atoms with Gasteiger partial charge in [-0.2, -0.15) is 0 Å². The average molecular weight is 254 g/mol. The molecule has 1 saturated heterocycles. The van der Waals surface area contributed by atoms with Crippen molar-refractivity contribution in [3.8, 4) is 0 Å². The first-order valence-electron chi connectivity index (χ1n) is 7.76. The number of nitrogens with two attached hydrogens (primary N) is 1. The van der Waals surface area contributed by atoms with E-state index in [4.69, 9.17) is 10.5 Å². The average Bonchev–Trinajstić information content (AvgIpc) is 2.43. The van der Waals surface area contributed by atoms with Crippen LogP contribution in [0.15, 0.2) is 0 Å². The molecule has 0 spiro atoms. The quantitative estimate of drug-likeness (QED) is 0.791. The summed E-state index contributed by atoms with van der Waals surface area (Å²) in [4.78, 5) is 0. The maximum atomic E-state index is 6.03. The van der Waals surface area contributed by atoms with Gasteiger partial charge in [0.1, 0.15) is 0 Å². The Morgan fingerprint density at radius 1 is 1.22 bits per heavy atom. The molecule has 0 aromatic rings. The molecule has 3 N–H and O–H groups in total. The minimum atomic E-state index is 0.362. The van der Waals surface area contributed by atoms with E-state index in [1.807, 2.05) is 0 Å². The van der Waals surface area contributed by atoms with Gasteiger partial charge < -0.3 is 15.8 Å². The summed E-state index contributed by atoms with van der Waals surface area (Å²) in [7, 11) is 0. The molecule has 1 aliphatic carbocycles. The molecule has 1 atom stereocenters. The molecule has 3 nitrogen and oxygen atoms in total. The molecule has 0 bridgehead atoms. The Balaban J connectivity index is 1.69. The van der Waals surface area contributed by atoms with Crippen molar-refractivity contribution in [2.75, 3.05) is 26.2 Å². The van der Waals surface area contributed by atoms with Crippen LogP contribution in [0.25, 0.3) is 0 Å². The summed E-state index contributed by atoms with van der Waals surface area (Å²) in [6.07, 6.45) is 9.51. The molecule has 0 radical (unpaired) electrons. The lowest BCUT2D eigenvalue weighted by atomic mass is 9.71. The molecule has 2 rings (SSSR count). The van der Waals surface area contributed by atoms with Crippen molar-refractivity contribution in [1.82, 2.24) is 5.32 Å². The molecule has 3 heteroatoms. The molecule has 1 saturated carbocycles. The number of hydrogen-bond donors (Lipinski definition) is 2. The molecule has 1 aliphatic heterocycles. The standard InChI is InChI=1S/C15H30N2O/c1-13-5-7-15(11-16,8-6-13)12-17-10-14-4-2-3-9-18-14/h13-14,17H,2-12,16H2,1H3. The van der Waals surface area contributed by atoms with E-state index in [0.29, 0.717) is 11.5 Å². The first kappa shape index (κ1) is 14.3. The van der Waals surface area contributed by atoms with Gasteiger partial charge in [0.25, 0.3) is 0 Å². The Hall–Kier alpha value is -0.120. The minimum absolute atomic E-state index is 0.362. The van der Waals surface area contributed by atoms with Crippen LogP contribution in [0, 0.1) is 11.3 Å². The van der Waals surface area contributed by atoms with Gasteiger partial charge in [0.15, 0.2) is 0 Å². The van der Waals surface area contributed by atoms with Crippen LogP contribution in [0.2, 0.25) is 0 Å². The smallest absolute Gasteiger partial charge is 0.0699 e. The first-order valence-corrected chi connectivity index (χ1v) is 7.76. The molecule has 0 aromatic heterocycles. The largest absolute Gasteiger partial charge is 0.377 e. The maximum Gasteiger partial charge on any atom is 0.0699 e. The second-order valence-corrected chi connectivity index (χ2v) is 6.51. The van der Waals surface area contributed by atoms with Gasteiger partial charge in [-0.15, -0.1) is 0 Å². The first-order chi connectivity index (χ1) is 8.74. The molecule has 18 heavy (non-hydrogen) atoms. The molecular weight excluding hydrogens is 224 g/mol. The van der Waals surface area contributed by atoms with E-state index in [0.717, 1.165) is 32.2 Å². The normalized spacial score (nSPS) is 37.7. The SMILES string of the molecule is CC1CCC(CN)(CNCC2CCCCO2)CC1. The van der Waals surface area contributed by atoms with Crippen LogP contribution in [-0.4, -0.2) is 32.3 Å². The number of nitrogens with one attached hydrogen (secondary N) is 1. The van der Waals surface area contributed by atoms with Gasteiger partial charge in [-0.25, -0.2) is 0 Å². The van der Waals surface area contributed by atoms with Crippen molar-refractivity contribution in [1.29, 1.82) is 0 Å².